The first-order chi connectivity index (χ1) is 1.73. The van der Waals surface area contributed by atoms with Gasteiger partial charge in [-0.25, -0.2) is 0 Å². The van der Waals surface area contributed by atoms with Crippen molar-refractivity contribution in [3.63, 3.8) is 0 Å². The molecule has 0 aliphatic heterocycles. The van der Waals surface area contributed by atoms with Crippen LogP contribution in [0.25, 0.3) is 0 Å². The summed E-state index contributed by atoms with van der Waals surface area (Å²) >= 11 is 0. The number of carboxylic acids is 1. The fraction of sp³-hybridized carbons (Fsp3) is 0.500. The molecule has 0 aromatic rings. The van der Waals surface area contributed by atoms with E-state index < -0.39 is 5.97 Å². The molecule has 0 aliphatic rings. The molecule has 0 rings (SSSR count). The third-order valence-corrected chi connectivity index (χ3v) is 0. The Balaban J connectivity index is -0.0000000450. The van der Waals surface area contributed by atoms with E-state index in [1.165, 1.54) is 0 Å². The maximum atomic E-state index is 9.00. The van der Waals surface area contributed by atoms with Gasteiger partial charge in [0.25, 0.3) is 5.97 Å². The van der Waals surface area contributed by atoms with Gasteiger partial charge >= 0.3 is 56.9 Å². The molecule has 0 aromatic carbocycles. The molecule has 0 unspecified atom stereocenters. The summed E-state index contributed by atoms with van der Waals surface area (Å²) < 4.78 is 0. The maximum absolute atomic E-state index is 9.00. The Hall–Kier alpha value is 1.39. The second kappa shape index (κ2) is 9.63. The van der Waals surface area contributed by atoms with Gasteiger partial charge in [-0.05, 0) is 0 Å². The monoisotopic (exact) mass is 294 g/mol. The van der Waals surface area contributed by atoms with Crippen molar-refractivity contribution in [3.05, 3.63) is 0 Å². The van der Waals surface area contributed by atoms with E-state index in [-0.39, 0.29) is 56.9 Å². The van der Waals surface area contributed by atoms with Gasteiger partial charge in [-0.3, -0.25) is 4.79 Å². The predicted octanol–water partition coefficient (Wildman–Crippen LogP) is -1.47. The molecule has 0 fully saturated rings. The number of hydrogen-bond donors (Lipinski definition) is 1. The van der Waals surface area contributed by atoms with E-state index in [4.69, 9.17) is 9.90 Å². The van der Waals surface area contributed by atoms with Crippen molar-refractivity contribution in [2.75, 3.05) is 0 Å². The van der Waals surface area contributed by atoms with Crippen molar-refractivity contribution in [1.29, 1.82) is 0 Å². The van der Waals surface area contributed by atoms with Gasteiger partial charge in [-0.2, -0.15) is 0 Å². The summed E-state index contributed by atoms with van der Waals surface area (Å²) in [7, 11) is 0. The number of hydrogen-bond acceptors (Lipinski definition) is 1. The average Bonchev–Trinajstić information content (AvgIpc) is 0.811. The minimum absolute atomic E-state index is 0. The average molecular weight is 293 g/mol. The van der Waals surface area contributed by atoms with Crippen LogP contribution in [-0.4, -0.2) is 67.9 Å². The summed E-state index contributed by atoms with van der Waals surface area (Å²) in [6.07, 6.45) is 0. The molecule has 1 N–H and O–H groups in total. The molecule has 0 atom stereocenters. The molecule has 32 valence electrons. The van der Waals surface area contributed by atoms with Crippen LogP contribution in [0.1, 0.15) is 6.92 Å². The molecule has 0 saturated heterocycles. The Morgan fingerprint density at radius 1 is 1.67 bits per heavy atom. The second-order valence-corrected chi connectivity index (χ2v) is 0.519. The third-order valence-electron chi connectivity index (χ3n) is 0. The van der Waals surface area contributed by atoms with Crippen LogP contribution in [0, 0.1) is 0 Å². The molecule has 0 aliphatic carbocycles. The van der Waals surface area contributed by atoms with E-state index in [9.17, 15) is 0 Å². The second-order valence-electron chi connectivity index (χ2n) is 0.519. The Bertz CT molecular complexity index is 34.5. The molecule has 2 nitrogen and oxygen atoms in total. The summed E-state index contributed by atoms with van der Waals surface area (Å²) in [5, 5.41) is 7.42. The minimum atomic E-state index is -0.833. The molecule has 0 heterocycles. The van der Waals surface area contributed by atoms with Crippen molar-refractivity contribution < 1.29 is 9.90 Å². The zero-order valence-electron chi connectivity index (χ0n) is 3.06. The van der Waals surface area contributed by atoms with Crippen LogP contribution in [0.5, 0.6) is 0 Å². The van der Waals surface area contributed by atoms with Crippen molar-refractivity contribution >= 4 is 62.8 Å². The van der Waals surface area contributed by atoms with E-state index in [0.717, 1.165) is 6.92 Å². The third kappa shape index (κ3) is 53.7. The summed E-state index contributed by atoms with van der Waals surface area (Å²) in [5.41, 5.74) is 0. The number of carboxylic acid groups (broad SMARTS) is 1. The van der Waals surface area contributed by atoms with Crippen LogP contribution < -0.4 is 0 Å². The Kier molecular flexibility index (Phi) is 25.1. The van der Waals surface area contributed by atoms with E-state index in [1.807, 2.05) is 0 Å². The van der Waals surface area contributed by atoms with E-state index in [0.29, 0.717) is 0 Å². The molecule has 4 heteroatoms. The van der Waals surface area contributed by atoms with Crippen LogP contribution in [-0.2, 0) is 4.79 Å². The Labute approximate surface area is 78.8 Å². The van der Waals surface area contributed by atoms with Crippen molar-refractivity contribution in [1.82, 2.24) is 0 Å². The van der Waals surface area contributed by atoms with E-state index >= 15 is 0 Å². The number of aliphatic carboxylic acids is 1. The van der Waals surface area contributed by atoms with Gasteiger partial charge in [0, 0.05) is 6.92 Å². The predicted molar refractivity (Wildman–Crippen MR) is 29.0 cm³/mol. The van der Waals surface area contributed by atoms with Gasteiger partial charge in [0.2, 0.25) is 0 Å². The first-order valence-electron chi connectivity index (χ1n) is 0.928. The van der Waals surface area contributed by atoms with Gasteiger partial charge in [0.1, 0.15) is 0 Å². The Morgan fingerprint density at radius 2 is 1.67 bits per heavy atom. The summed E-state index contributed by atoms with van der Waals surface area (Å²) in [6, 6.07) is 0. The molecule has 0 amide bonds. The van der Waals surface area contributed by atoms with Gasteiger partial charge in [-0.1, -0.05) is 0 Å². The fourth-order valence-corrected chi connectivity index (χ4v) is 0. The molecule has 0 bridgehead atoms. The van der Waals surface area contributed by atoms with Crippen LogP contribution >= 0.6 is 0 Å². The van der Waals surface area contributed by atoms with Crippen molar-refractivity contribution in [2.24, 2.45) is 0 Å². The summed E-state index contributed by atoms with van der Waals surface area (Å²) in [6.45, 7) is 1.08. The molecule has 0 aromatic heterocycles. The first-order valence-corrected chi connectivity index (χ1v) is 0.928. The molecular weight excluding hydrogens is 286 g/mol. The topological polar surface area (TPSA) is 37.3 Å². The zero-order chi connectivity index (χ0) is 3.58. The fourth-order valence-electron chi connectivity index (χ4n) is 0. The van der Waals surface area contributed by atoms with Gasteiger partial charge in [-0.15, -0.1) is 0 Å². The SMILES string of the molecule is CC(=O)O.[NaH].[PbH2]. The number of rotatable bonds is 0. The molecule has 6 heavy (non-hydrogen) atoms. The van der Waals surface area contributed by atoms with Crippen LogP contribution in [0.4, 0.5) is 0 Å². The molecule has 0 saturated carbocycles. The standard InChI is InChI=1S/C2H4O2.Na.Pb.3H/c1-2(3)4;;;;;/h1H3,(H,3,4);;;;;. The normalized spacial score (nSPS) is 4.17. The van der Waals surface area contributed by atoms with Crippen molar-refractivity contribution in [2.45, 2.75) is 6.92 Å². The van der Waals surface area contributed by atoms with Crippen LogP contribution in [0.3, 0.4) is 0 Å². The first kappa shape index (κ1) is 15.7. The molecule has 2 radical (unpaired) electrons. The van der Waals surface area contributed by atoms with Gasteiger partial charge in [0.15, 0.2) is 0 Å². The van der Waals surface area contributed by atoms with Crippen molar-refractivity contribution in [3.8, 4) is 0 Å². The molecule has 0 spiro atoms. The van der Waals surface area contributed by atoms with Crippen LogP contribution in [0.15, 0.2) is 0 Å². The Morgan fingerprint density at radius 3 is 1.67 bits per heavy atom. The summed E-state index contributed by atoms with van der Waals surface area (Å²) in [5.74, 6) is -0.833. The van der Waals surface area contributed by atoms with E-state index in [1.54, 1.807) is 0 Å². The van der Waals surface area contributed by atoms with Gasteiger partial charge < -0.3 is 5.11 Å². The van der Waals surface area contributed by atoms with E-state index in [2.05, 4.69) is 0 Å². The quantitative estimate of drug-likeness (QED) is 0.554. The molecular formula is C2H7NaO2Pb. The van der Waals surface area contributed by atoms with Gasteiger partial charge in [0.05, 0.1) is 0 Å². The summed E-state index contributed by atoms with van der Waals surface area (Å²) in [4.78, 5) is 9.00. The number of carbonyl (C=O) groups is 1. The van der Waals surface area contributed by atoms with Crippen LogP contribution in [0.2, 0.25) is 0 Å². The zero-order valence-corrected chi connectivity index (χ0v) is 8.56.